The monoisotopic (exact) mass is 233 g/mol. The van der Waals surface area contributed by atoms with Crippen molar-refractivity contribution in [2.75, 3.05) is 5.32 Å². The third-order valence-electron chi connectivity index (χ3n) is 2.31. The number of aromatic nitrogens is 2. The van der Waals surface area contributed by atoms with Gasteiger partial charge in [-0.25, -0.2) is 9.97 Å². The van der Waals surface area contributed by atoms with Gasteiger partial charge in [-0.1, -0.05) is 6.92 Å². The van der Waals surface area contributed by atoms with E-state index >= 15 is 0 Å². The van der Waals surface area contributed by atoms with E-state index in [1.54, 1.807) is 11.3 Å². The molecule has 0 saturated heterocycles. The van der Waals surface area contributed by atoms with Crippen molar-refractivity contribution in [1.82, 2.24) is 9.97 Å². The molecule has 0 fully saturated rings. The minimum absolute atomic E-state index is 0.823. The molecule has 0 aliphatic rings. The summed E-state index contributed by atoms with van der Waals surface area (Å²) in [6.45, 7) is 4.85. The van der Waals surface area contributed by atoms with Gasteiger partial charge in [0.05, 0.1) is 0 Å². The Balaban J connectivity index is 2.06. The standard InChI is InChI=1S/C12H15N3S/c1-3-11-6-12(15-9(2)14-11)13-7-10-4-5-16-8-10/h4-6,8H,3,7H2,1-2H3,(H,13,14,15). The largest absolute Gasteiger partial charge is 0.366 e. The molecule has 3 nitrogen and oxygen atoms in total. The van der Waals surface area contributed by atoms with E-state index in [-0.39, 0.29) is 0 Å². The zero-order valence-electron chi connectivity index (χ0n) is 9.53. The summed E-state index contributed by atoms with van der Waals surface area (Å²) in [7, 11) is 0. The molecular formula is C12H15N3S. The molecule has 0 radical (unpaired) electrons. The van der Waals surface area contributed by atoms with E-state index in [1.807, 2.05) is 13.0 Å². The number of aryl methyl sites for hydroxylation is 2. The van der Waals surface area contributed by atoms with Crippen molar-refractivity contribution in [3.05, 3.63) is 40.0 Å². The van der Waals surface area contributed by atoms with Crippen LogP contribution in [0.15, 0.2) is 22.9 Å². The third kappa shape index (κ3) is 2.79. The van der Waals surface area contributed by atoms with Crippen LogP contribution < -0.4 is 5.32 Å². The number of thiophene rings is 1. The molecular weight excluding hydrogens is 218 g/mol. The number of hydrogen-bond acceptors (Lipinski definition) is 4. The number of anilines is 1. The fraction of sp³-hybridized carbons (Fsp3) is 0.333. The van der Waals surface area contributed by atoms with Crippen LogP contribution in [0.2, 0.25) is 0 Å². The first-order valence-corrected chi connectivity index (χ1v) is 6.31. The first kappa shape index (κ1) is 11.1. The lowest BCUT2D eigenvalue weighted by Crippen LogP contribution is -2.04. The predicted molar refractivity (Wildman–Crippen MR) is 67.8 cm³/mol. The van der Waals surface area contributed by atoms with E-state index in [4.69, 9.17) is 0 Å². The van der Waals surface area contributed by atoms with Crippen LogP contribution in [0.4, 0.5) is 5.82 Å². The van der Waals surface area contributed by atoms with Gasteiger partial charge < -0.3 is 5.32 Å². The Morgan fingerprint density at radius 2 is 2.25 bits per heavy atom. The van der Waals surface area contributed by atoms with E-state index in [0.29, 0.717) is 0 Å². The lowest BCUT2D eigenvalue weighted by Gasteiger charge is -2.06. The Morgan fingerprint density at radius 1 is 1.38 bits per heavy atom. The summed E-state index contributed by atoms with van der Waals surface area (Å²) in [6.07, 6.45) is 0.941. The van der Waals surface area contributed by atoms with E-state index in [1.165, 1.54) is 5.56 Å². The molecule has 0 unspecified atom stereocenters. The molecule has 2 aromatic heterocycles. The molecule has 0 aromatic carbocycles. The van der Waals surface area contributed by atoms with E-state index < -0.39 is 0 Å². The Labute approximate surface area is 99.6 Å². The van der Waals surface area contributed by atoms with Crippen LogP contribution in [0.1, 0.15) is 24.0 Å². The van der Waals surface area contributed by atoms with Crippen molar-refractivity contribution < 1.29 is 0 Å². The van der Waals surface area contributed by atoms with Crippen molar-refractivity contribution >= 4 is 17.2 Å². The summed E-state index contributed by atoms with van der Waals surface area (Å²) >= 11 is 1.71. The molecule has 0 amide bonds. The number of rotatable bonds is 4. The quantitative estimate of drug-likeness (QED) is 0.882. The molecule has 16 heavy (non-hydrogen) atoms. The van der Waals surface area contributed by atoms with Gasteiger partial charge in [-0.2, -0.15) is 11.3 Å². The summed E-state index contributed by atoms with van der Waals surface area (Å²) in [4.78, 5) is 8.71. The summed E-state index contributed by atoms with van der Waals surface area (Å²) in [5, 5.41) is 7.54. The second-order valence-corrected chi connectivity index (χ2v) is 4.41. The number of hydrogen-bond donors (Lipinski definition) is 1. The van der Waals surface area contributed by atoms with E-state index in [2.05, 4.69) is 39.0 Å². The average molecular weight is 233 g/mol. The van der Waals surface area contributed by atoms with Crippen molar-refractivity contribution in [2.45, 2.75) is 26.8 Å². The second kappa shape index (κ2) is 5.07. The molecule has 0 aliphatic heterocycles. The van der Waals surface area contributed by atoms with Gasteiger partial charge in [0.2, 0.25) is 0 Å². The summed E-state index contributed by atoms with van der Waals surface area (Å²) in [5.74, 6) is 1.74. The lowest BCUT2D eigenvalue weighted by atomic mass is 10.3. The molecule has 0 spiro atoms. The fourth-order valence-corrected chi connectivity index (χ4v) is 2.16. The highest BCUT2D eigenvalue weighted by Gasteiger charge is 2.00. The average Bonchev–Trinajstić information content (AvgIpc) is 2.78. The van der Waals surface area contributed by atoms with E-state index in [9.17, 15) is 0 Å². The number of nitrogens with one attached hydrogen (secondary N) is 1. The highest BCUT2D eigenvalue weighted by atomic mass is 32.1. The van der Waals surface area contributed by atoms with Gasteiger partial charge in [-0.15, -0.1) is 0 Å². The van der Waals surface area contributed by atoms with Crippen LogP contribution in [0.25, 0.3) is 0 Å². The summed E-state index contributed by atoms with van der Waals surface area (Å²) < 4.78 is 0. The van der Waals surface area contributed by atoms with Gasteiger partial charge in [0.15, 0.2) is 0 Å². The Hall–Kier alpha value is -1.42. The van der Waals surface area contributed by atoms with Gasteiger partial charge in [-0.05, 0) is 35.7 Å². The molecule has 0 bridgehead atoms. The van der Waals surface area contributed by atoms with Gasteiger partial charge in [0.1, 0.15) is 11.6 Å². The van der Waals surface area contributed by atoms with E-state index in [0.717, 1.165) is 30.3 Å². The minimum atomic E-state index is 0.823. The zero-order valence-corrected chi connectivity index (χ0v) is 10.3. The van der Waals surface area contributed by atoms with Gasteiger partial charge in [0.25, 0.3) is 0 Å². The van der Waals surface area contributed by atoms with Crippen LogP contribution in [0.3, 0.4) is 0 Å². The van der Waals surface area contributed by atoms with Gasteiger partial charge >= 0.3 is 0 Å². The highest BCUT2D eigenvalue weighted by molar-refractivity contribution is 7.07. The zero-order chi connectivity index (χ0) is 11.4. The maximum atomic E-state index is 4.36. The molecule has 4 heteroatoms. The molecule has 2 rings (SSSR count). The molecule has 2 aromatic rings. The molecule has 0 saturated carbocycles. The molecule has 1 N–H and O–H groups in total. The minimum Gasteiger partial charge on any atom is -0.366 e. The normalized spacial score (nSPS) is 10.4. The van der Waals surface area contributed by atoms with Crippen LogP contribution in [-0.4, -0.2) is 9.97 Å². The lowest BCUT2D eigenvalue weighted by molar-refractivity contribution is 0.942. The van der Waals surface area contributed by atoms with Crippen molar-refractivity contribution in [3.63, 3.8) is 0 Å². The molecule has 0 atom stereocenters. The first-order valence-electron chi connectivity index (χ1n) is 5.37. The SMILES string of the molecule is CCc1cc(NCc2ccsc2)nc(C)n1. The van der Waals surface area contributed by atoms with Crippen LogP contribution >= 0.6 is 11.3 Å². The topological polar surface area (TPSA) is 37.8 Å². The Kier molecular flexibility index (Phi) is 3.51. The van der Waals surface area contributed by atoms with Crippen LogP contribution in [0.5, 0.6) is 0 Å². The predicted octanol–water partition coefficient (Wildman–Crippen LogP) is 3.02. The maximum absolute atomic E-state index is 4.36. The highest BCUT2D eigenvalue weighted by Crippen LogP contribution is 2.11. The third-order valence-corrected chi connectivity index (χ3v) is 3.04. The first-order chi connectivity index (χ1) is 7.78. The van der Waals surface area contributed by atoms with Crippen LogP contribution in [-0.2, 0) is 13.0 Å². The van der Waals surface area contributed by atoms with Gasteiger partial charge in [0, 0.05) is 18.3 Å². The van der Waals surface area contributed by atoms with Gasteiger partial charge in [-0.3, -0.25) is 0 Å². The smallest absolute Gasteiger partial charge is 0.130 e. The Bertz CT molecular complexity index is 451. The maximum Gasteiger partial charge on any atom is 0.130 e. The molecule has 0 aliphatic carbocycles. The Morgan fingerprint density at radius 3 is 2.94 bits per heavy atom. The second-order valence-electron chi connectivity index (χ2n) is 3.63. The summed E-state index contributed by atoms with van der Waals surface area (Å²) in [6, 6.07) is 4.13. The number of nitrogens with zero attached hydrogens (tertiary/aromatic N) is 2. The van der Waals surface area contributed by atoms with Crippen molar-refractivity contribution in [2.24, 2.45) is 0 Å². The van der Waals surface area contributed by atoms with Crippen molar-refractivity contribution in [3.8, 4) is 0 Å². The molecule has 84 valence electrons. The molecule has 2 heterocycles. The fourth-order valence-electron chi connectivity index (χ4n) is 1.49. The van der Waals surface area contributed by atoms with Crippen molar-refractivity contribution in [1.29, 1.82) is 0 Å². The van der Waals surface area contributed by atoms with Crippen LogP contribution in [0, 0.1) is 6.92 Å². The summed E-state index contributed by atoms with van der Waals surface area (Å²) in [5.41, 5.74) is 2.37.